The first-order valence-corrected chi connectivity index (χ1v) is 7.55. The van der Waals surface area contributed by atoms with Crippen molar-refractivity contribution in [1.82, 2.24) is 5.32 Å². The molecule has 20 heavy (non-hydrogen) atoms. The molecule has 0 aliphatic carbocycles. The Hall–Kier alpha value is -1.31. The Morgan fingerprint density at radius 1 is 1.05 bits per heavy atom. The number of aryl methyl sites for hydroxylation is 1. The summed E-state index contributed by atoms with van der Waals surface area (Å²) in [5, 5.41) is 4.39. The highest BCUT2D eigenvalue weighted by molar-refractivity contribution is 6.30. The van der Waals surface area contributed by atoms with Crippen LogP contribution in [0.25, 0.3) is 0 Å². The Balaban J connectivity index is 1.76. The van der Waals surface area contributed by atoms with Crippen molar-refractivity contribution in [1.29, 1.82) is 0 Å². The van der Waals surface area contributed by atoms with Crippen LogP contribution in [0.4, 0.5) is 0 Å². The third-order valence-corrected chi connectivity index (χ3v) is 3.86. The average molecular weight is 288 g/mol. The maximum atomic E-state index is 5.90. The van der Waals surface area contributed by atoms with Gasteiger partial charge in [-0.1, -0.05) is 48.0 Å². The minimum absolute atomic E-state index is 0.472. The fourth-order valence-corrected chi connectivity index (χ4v) is 2.52. The van der Waals surface area contributed by atoms with Crippen LogP contribution >= 0.6 is 11.6 Å². The van der Waals surface area contributed by atoms with Crippen molar-refractivity contribution in [3.63, 3.8) is 0 Å². The van der Waals surface area contributed by atoms with Gasteiger partial charge >= 0.3 is 0 Å². The number of nitrogens with one attached hydrogen (secondary N) is 1. The lowest BCUT2D eigenvalue weighted by Gasteiger charge is -2.14. The molecule has 0 bridgehead atoms. The number of benzene rings is 2. The molecule has 2 aromatic carbocycles. The van der Waals surface area contributed by atoms with Gasteiger partial charge in [0, 0.05) is 11.1 Å². The van der Waals surface area contributed by atoms with Crippen LogP contribution in [0.2, 0.25) is 5.02 Å². The van der Waals surface area contributed by atoms with Crippen molar-refractivity contribution in [3.8, 4) is 0 Å². The topological polar surface area (TPSA) is 12.0 Å². The fraction of sp³-hybridized carbons (Fsp3) is 0.333. The molecule has 1 unspecified atom stereocenters. The minimum atomic E-state index is 0.472. The van der Waals surface area contributed by atoms with E-state index in [0.717, 1.165) is 24.4 Å². The largest absolute Gasteiger partial charge is 0.314 e. The molecule has 0 fully saturated rings. The SMILES string of the molecule is Cc1ccccc1CCNC(C)Cc1ccc(Cl)cc1. The van der Waals surface area contributed by atoms with Crippen molar-refractivity contribution in [3.05, 3.63) is 70.2 Å². The van der Waals surface area contributed by atoms with Crippen molar-refractivity contribution in [2.45, 2.75) is 32.7 Å². The normalized spacial score (nSPS) is 12.3. The lowest BCUT2D eigenvalue weighted by molar-refractivity contribution is 0.548. The van der Waals surface area contributed by atoms with Gasteiger partial charge in [0.2, 0.25) is 0 Å². The molecule has 106 valence electrons. The van der Waals surface area contributed by atoms with Gasteiger partial charge in [0.1, 0.15) is 0 Å². The Labute approximate surface area is 127 Å². The fourth-order valence-electron chi connectivity index (χ4n) is 2.39. The van der Waals surface area contributed by atoms with Crippen LogP contribution in [0, 0.1) is 6.92 Å². The molecule has 0 aromatic heterocycles. The zero-order chi connectivity index (χ0) is 14.4. The van der Waals surface area contributed by atoms with Gasteiger partial charge < -0.3 is 5.32 Å². The van der Waals surface area contributed by atoms with Gasteiger partial charge in [0.15, 0.2) is 0 Å². The molecule has 2 aromatic rings. The van der Waals surface area contributed by atoms with E-state index in [1.807, 2.05) is 12.1 Å². The van der Waals surface area contributed by atoms with E-state index in [0.29, 0.717) is 6.04 Å². The van der Waals surface area contributed by atoms with E-state index in [9.17, 15) is 0 Å². The molecule has 1 N–H and O–H groups in total. The number of hydrogen-bond acceptors (Lipinski definition) is 1. The molecule has 0 radical (unpaired) electrons. The third-order valence-electron chi connectivity index (χ3n) is 3.60. The van der Waals surface area contributed by atoms with Gasteiger partial charge in [-0.05, 0) is 62.1 Å². The Bertz CT molecular complexity index is 533. The van der Waals surface area contributed by atoms with E-state index in [-0.39, 0.29) is 0 Å². The van der Waals surface area contributed by atoms with Gasteiger partial charge in [0.25, 0.3) is 0 Å². The molecule has 1 atom stereocenters. The first kappa shape index (κ1) is 15.1. The van der Waals surface area contributed by atoms with Crippen LogP contribution in [0.3, 0.4) is 0 Å². The van der Waals surface area contributed by atoms with E-state index < -0.39 is 0 Å². The monoisotopic (exact) mass is 287 g/mol. The lowest BCUT2D eigenvalue weighted by Crippen LogP contribution is -2.30. The maximum absolute atomic E-state index is 5.90. The lowest BCUT2D eigenvalue weighted by atomic mass is 10.0. The summed E-state index contributed by atoms with van der Waals surface area (Å²) in [6.07, 6.45) is 2.11. The summed E-state index contributed by atoms with van der Waals surface area (Å²) >= 11 is 5.90. The zero-order valence-electron chi connectivity index (χ0n) is 12.2. The van der Waals surface area contributed by atoms with Gasteiger partial charge in [-0.2, -0.15) is 0 Å². The standard InChI is InChI=1S/C18H22ClN/c1-14-5-3-4-6-17(14)11-12-20-15(2)13-16-7-9-18(19)10-8-16/h3-10,15,20H,11-13H2,1-2H3. The molecule has 1 nitrogen and oxygen atoms in total. The van der Waals surface area contributed by atoms with Crippen LogP contribution < -0.4 is 5.32 Å². The maximum Gasteiger partial charge on any atom is 0.0406 e. The quantitative estimate of drug-likeness (QED) is 0.830. The van der Waals surface area contributed by atoms with Crippen molar-refractivity contribution in [2.24, 2.45) is 0 Å². The molecular weight excluding hydrogens is 266 g/mol. The van der Waals surface area contributed by atoms with Crippen LogP contribution in [0.1, 0.15) is 23.6 Å². The van der Waals surface area contributed by atoms with Gasteiger partial charge in [0.05, 0.1) is 0 Å². The molecule has 0 saturated heterocycles. The van der Waals surface area contributed by atoms with Crippen LogP contribution in [0.15, 0.2) is 48.5 Å². The van der Waals surface area contributed by atoms with Gasteiger partial charge in [-0.3, -0.25) is 0 Å². The van der Waals surface area contributed by atoms with Crippen LogP contribution in [-0.2, 0) is 12.8 Å². The smallest absolute Gasteiger partial charge is 0.0406 e. The molecule has 0 aliphatic heterocycles. The molecule has 2 rings (SSSR count). The predicted molar refractivity (Wildman–Crippen MR) is 87.5 cm³/mol. The molecule has 0 amide bonds. The molecule has 0 spiro atoms. The minimum Gasteiger partial charge on any atom is -0.314 e. The highest BCUT2D eigenvalue weighted by atomic mass is 35.5. The van der Waals surface area contributed by atoms with Crippen LogP contribution in [-0.4, -0.2) is 12.6 Å². The van der Waals surface area contributed by atoms with Crippen molar-refractivity contribution < 1.29 is 0 Å². The first-order valence-electron chi connectivity index (χ1n) is 7.17. The first-order chi connectivity index (χ1) is 9.65. The van der Waals surface area contributed by atoms with E-state index in [1.54, 1.807) is 0 Å². The van der Waals surface area contributed by atoms with Crippen molar-refractivity contribution in [2.75, 3.05) is 6.54 Å². The van der Waals surface area contributed by atoms with Gasteiger partial charge in [-0.25, -0.2) is 0 Å². The zero-order valence-corrected chi connectivity index (χ0v) is 13.0. The summed E-state index contributed by atoms with van der Waals surface area (Å²) in [6, 6.07) is 17.2. The van der Waals surface area contributed by atoms with E-state index in [4.69, 9.17) is 11.6 Å². The highest BCUT2D eigenvalue weighted by Crippen LogP contribution is 2.11. The Kier molecular flexibility index (Phi) is 5.63. The van der Waals surface area contributed by atoms with Crippen LogP contribution in [0.5, 0.6) is 0 Å². The molecule has 0 heterocycles. The summed E-state index contributed by atoms with van der Waals surface area (Å²) in [6.45, 7) is 5.42. The molecule has 2 heteroatoms. The Morgan fingerprint density at radius 3 is 2.45 bits per heavy atom. The number of halogens is 1. The summed E-state index contributed by atoms with van der Waals surface area (Å²) in [5.74, 6) is 0. The number of rotatable bonds is 6. The summed E-state index contributed by atoms with van der Waals surface area (Å²) in [7, 11) is 0. The second-order valence-corrected chi connectivity index (χ2v) is 5.80. The third kappa shape index (κ3) is 4.66. The Morgan fingerprint density at radius 2 is 1.75 bits per heavy atom. The predicted octanol–water partition coefficient (Wildman–Crippen LogP) is 4.41. The summed E-state index contributed by atoms with van der Waals surface area (Å²) in [4.78, 5) is 0. The molecule has 0 saturated carbocycles. The number of hydrogen-bond donors (Lipinski definition) is 1. The highest BCUT2D eigenvalue weighted by Gasteiger charge is 2.03. The summed E-state index contributed by atoms with van der Waals surface area (Å²) < 4.78 is 0. The summed E-state index contributed by atoms with van der Waals surface area (Å²) in [5.41, 5.74) is 4.13. The van der Waals surface area contributed by atoms with Crippen molar-refractivity contribution >= 4 is 11.6 Å². The van der Waals surface area contributed by atoms with E-state index >= 15 is 0 Å². The van der Waals surface area contributed by atoms with E-state index in [1.165, 1.54) is 16.7 Å². The second-order valence-electron chi connectivity index (χ2n) is 5.36. The second kappa shape index (κ2) is 7.47. The van der Waals surface area contributed by atoms with E-state index in [2.05, 4.69) is 55.6 Å². The van der Waals surface area contributed by atoms with Gasteiger partial charge in [-0.15, -0.1) is 0 Å². The molecular formula is C18H22ClN. The molecule has 0 aliphatic rings. The average Bonchev–Trinajstić information content (AvgIpc) is 2.43.